The van der Waals surface area contributed by atoms with Gasteiger partial charge in [-0.2, -0.15) is 5.10 Å². The number of rotatable bonds is 2. The summed E-state index contributed by atoms with van der Waals surface area (Å²) < 4.78 is 1.90. The van der Waals surface area contributed by atoms with Crippen molar-refractivity contribution in [2.24, 2.45) is 12.8 Å². The molecular weight excluding hydrogens is 234 g/mol. The molecule has 0 aliphatic rings. The van der Waals surface area contributed by atoms with Crippen LogP contribution in [0, 0.1) is 6.92 Å². The van der Waals surface area contributed by atoms with Crippen LogP contribution in [0.3, 0.4) is 0 Å². The molecule has 102 valence electrons. The second kappa shape index (κ2) is 4.82. The highest BCUT2D eigenvalue weighted by atomic mass is 15.3. The third-order valence-electron chi connectivity index (χ3n) is 3.36. The molecule has 3 heteroatoms. The molecule has 0 spiro atoms. The van der Waals surface area contributed by atoms with E-state index in [0.29, 0.717) is 6.54 Å². The lowest BCUT2D eigenvalue weighted by molar-refractivity contribution is 0.554. The van der Waals surface area contributed by atoms with Crippen molar-refractivity contribution in [1.82, 2.24) is 9.78 Å². The molecule has 0 amide bonds. The molecule has 1 aromatic carbocycles. The highest BCUT2D eigenvalue weighted by molar-refractivity contribution is 5.70. The maximum atomic E-state index is 5.69. The Morgan fingerprint density at radius 2 is 1.89 bits per heavy atom. The van der Waals surface area contributed by atoms with Crippen LogP contribution in [-0.2, 0) is 19.0 Å². The summed E-state index contributed by atoms with van der Waals surface area (Å²) in [5.41, 5.74) is 11.8. The van der Waals surface area contributed by atoms with Crippen molar-refractivity contribution in [2.45, 2.75) is 39.7 Å². The van der Waals surface area contributed by atoms with E-state index < -0.39 is 0 Å². The van der Waals surface area contributed by atoms with Crippen LogP contribution in [0.25, 0.3) is 11.1 Å². The fourth-order valence-electron chi connectivity index (χ4n) is 2.39. The minimum absolute atomic E-state index is 0.0373. The van der Waals surface area contributed by atoms with Crippen molar-refractivity contribution in [1.29, 1.82) is 0 Å². The first-order valence-corrected chi connectivity index (χ1v) is 6.67. The minimum Gasteiger partial charge on any atom is -0.326 e. The fraction of sp³-hybridized carbons (Fsp3) is 0.438. The average Bonchev–Trinajstić information content (AvgIpc) is 2.70. The molecule has 0 bridgehead atoms. The third kappa shape index (κ3) is 2.71. The monoisotopic (exact) mass is 257 g/mol. The molecule has 0 saturated heterocycles. The molecule has 3 nitrogen and oxygen atoms in total. The largest absolute Gasteiger partial charge is 0.326 e. The number of hydrogen-bond donors (Lipinski definition) is 1. The summed E-state index contributed by atoms with van der Waals surface area (Å²) >= 11 is 0. The maximum absolute atomic E-state index is 5.69. The summed E-state index contributed by atoms with van der Waals surface area (Å²) in [6.45, 7) is 9.31. The standard InChI is InChI=1S/C16H23N3/c1-11-8-12(9-17)6-7-13(11)14-10-19(5)18-15(14)16(2,3)4/h6-8,10H,9,17H2,1-5H3. The summed E-state index contributed by atoms with van der Waals surface area (Å²) in [4.78, 5) is 0. The Hall–Kier alpha value is -1.61. The molecule has 2 aromatic rings. The van der Waals surface area contributed by atoms with Crippen molar-refractivity contribution >= 4 is 0 Å². The summed E-state index contributed by atoms with van der Waals surface area (Å²) in [5, 5.41) is 4.63. The molecule has 0 radical (unpaired) electrons. The normalized spacial score (nSPS) is 11.9. The van der Waals surface area contributed by atoms with E-state index in [9.17, 15) is 0 Å². The van der Waals surface area contributed by atoms with Crippen LogP contribution in [0.5, 0.6) is 0 Å². The third-order valence-corrected chi connectivity index (χ3v) is 3.36. The van der Waals surface area contributed by atoms with Crippen molar-refractivity contribution in [2.75, 3.05) is 0 Å². The highest BCUT2D eigenvalue weighted by Crippen LogP contribution is 2.33. The van der Waals surface area contributed by atoms with Gasteiger partial charge in [-0.15, -0.1) is 0 Å². The van der Waals surface area contributed by atoms with Gasteiger partial charge in [0.1, 0.15) is 0 Å². The summed E-state index contributed by atoms with van der Waals surface area (Å²) in [6.07, 6.45) is 2.10. The van der Waals surface area contributed by atoms with Crippen LogP contribution in [0.2, 0.25) is 0 Å². The van der Waals surface area contributed by atoms with Gasteiger partial charge in [0.05, 0.1) is 5.69 Å². The van der Waals surface area contributed by atoms with Crippen molar-refractivity contribution < 1.29 is 0 Å². The van der Waals surface area contributed by atoms with Gasteiger partial charge < -0.3 is 5.73 Å². The number of benzene rings is 1. The zero-order valence-corrected chi connectivity index (χ0v) is 12.5. The van der Waals surface area contributed by atoms with Crippen LogP contribution in [0.4, 0.5) is 0 Å². The quantitative estimate of drug-likeness (QED) is 0.898. The fourth-order valence-corrected chi connectivity index (χ4v) is 2.39. The number of nitrogens with zero attached hydrogens (tertiary/aromatic N) is 2. The van der Waals surface area contributed by atoms with E-state index in [-0.39, 0.29) is 5.41 Å². The van der Waals surface area contributed by atoms with E-state index in [2.05, 4.69) is 57.2 Å². The topological polar surface area (TPSA) is 43.8 Å². The van der Waals surface area contributed by atoms with Crippen molar-refractivity contribution in [3.63, 3.8) is 0 Å². The Kier molecular flexibility index (Phi) is 3.50. The van der Waals surface area contributed by atoms with Crippen LogP contribution in [-0.4, -0.2) is 9.78 Å². The Balaban J connectivity index is 2.59. The summed E-state index contributed by atoms with van der Waals surface area (Å²) in [5.74, 6) is 0. The first kappa shape index (κ1) is 13.8. The maximum Gasteiger partial charge on any atom is 0.0756 e. The Labute approximate surface area is 115 Å². The Bertz CT molecular complexity index is 589. The van der Waals surface area contributed by atoms with Gasteiger partial charge in [0, 0.05) is 30.8 Å². The van der Waals surface area contributed by atoms with E-state index in [1.54, 1.807) is 0 Å². The molecular formula is C16H23N3. The van der Waals surface area contributed by atoms with Crippen molar-refractivity contribution in [3.05, 3.63) is 41.2 Å². The highest BCUT2D eigenvalue weighted by Gasteiger charge is 2.23. The van der Waals surface area contributed by atoms with Crippen LogP contribution in [0.1, 0.15) is 37.6 Å². The number of hydrogen-bond acceptors (Lipinski definition) is 2. The second-order valence-corrected chi connectivity index (χ2v) is 6.17. The molecule has 0 unspecified atom stereocenters. The van der Waals surface area contributed by atoms with E-state index >= 15 is 0 Å². The average molecular weight is 257 g/mol. The molecule has 2 rings (SSSR count). The zero-order valence-electron chi connectivity index (χ0n) is 12.5. The zero-order chi connectivity index (χ0) is 14.2. The molecule has 0 fully saturated rings. The lowest BCUT2D eigenvalue weighted by Gasteiger charge is -2.18. The van der Waals surface area contributed by atoms with Gasteiger partial charge in [0.2, 0.25) is 0 Å². The van der Waals surface area contributed by atoms with E-state index in [1.165, 1.54) is 22.3 Å². The van der Waals surface area contributed by atoms with E-state index in [1.807, 2.05) is 11.7 Å². The van der Waals surface area contributed by atoms with Gasteiger partial charge in [-0.1, -0.05) is 39.0 Å². The number of aryl methyl sites for hydroxylation is 2. The molecule has 2 N–H and O–H groups in total. The van der Waals surface area contributed by atoms with Gasteiger partial charge in [-0.05, 0) is 23.6 Å². The van der Waals surface area contributed by atoms with Gasteiger partial charge in [0.15, 0.2) is 0 Å². The summed E-state index contributed by atoms with van der Waals surface area (Å²) in [6, 6.07) is 6.42. The van der Waals surface area contributed by atoms with Crippen LogP contribution >= 0.6 is 0 Å². The molecule has 1 aromatic heterocycles. The molecule has 0 saturated carbocycles. The van der Waals surface area contributed by atoms with Gasteiger partial charge in [-0.3, -0.25) is 4.68 Å². The number of nitrogens with two attached hydrogens (primary N) is 1. The van der Waals surface area contributed by atoms with Crippen molar-refractivity contribution in [3.8, 4) is 11.1 Å². The smallest absolute Gasteiger partial charge is 0.0756 e. The first-order valence-electron chi connectivity index (χ1n) is 6.67. The molecule has 1 heterocycles. The predicted molar refractivity (Wildman–Crippen MR) is 80.0 cm³/mol. The minimum atomic E-state index is 0.0373. The van der Waals surface area contributed by atoms with Crippen LogP contribution < -0.4 is 5.73 Å². The molecule has 0 aliphatic heterocycles. The molecule has 0 atom stereocenters. The SMILES string of the molecule is Cc1cc(CN)ccc1-c1cn(C)nc1C(C)(C)C. The molecule has 19 heavy (non-hydrogen) atoms. The lowest BCUT2D eigenvalue weighted by atomic mass is 9.86. The van der Waals surface area contributed by atoms with E-state index in [4.69, 9.17) is 5.73 Å². The Morgan fingerprint density at radius 3 is 2.42 bits per heavy atom. The second-order valence-electron chi connectivity index (χ2n) is 6.17. The van der Waals surface area contributed by atoms with Gasteiger partial charge in [0.25, 0.3) is 0 Å². The van der Waals surface area contributed by atoms with Gasteiger partial charge in [-0.25, -0.2) is 0 Å². The molecule has 0 aliphatic carbocycles. The lowest BCUT2D eigenvalue weighted by Crippen LogP contribution is -2.14. The first-order chi connectivity index (χ1) is 8.82. The predicted octanol–water partition coefficient (Wildman–Crippen LogP) is 3.15. The van der Waals surface area contributed by atoms with Gasteiger partial charge >= 0.3 is 0 Å². The number of aromatic nitrogens is 2. The Morgan fingerprint density at radius 1 is 1.21 bits per heavy atom. The van der Waals surface area contributed by atoms with Crippen LogP contribution in [0.15, 0.2) is 24.4 Å². The summed E-state index contributed by atoms with van der Waals surface area (Å²) in [7, 11) is 1.97. The van der Waals surface area contributed by atoms with E-state index in [0.717, 1.165) is 5.69 Å².